The highest BCUT2D eigenvalue weighted by Crippen LogP contribution is 2.25. The van der Waals surface area contributed by atoms with Gasteiger partial charge >= 0.3 is 0 Å². The van der Waals surface area contributed by atoms with E-state index in [2.05, 4.69) is 24.2 Å². The average molecular weight is 226 g/mol. The highest BCUT2D eigenvalue weighted by Gasteiger charge is 2.29. The van der Waals surface area contributed by atoms with Crippen molar-refractivity contribution in [3.05, 3.63) is 0 Å². The van der Waals surface area contributed by atoms with Crippen molar-refractivity contribution < 1.29 is 4.74 Å². The van der Waals surface area contributed by atoms with Crippen LogP contribution in [0, 0.1) is 5.92 Å². The summed E-state index contributed by atoms with van der Waals surface area (Å²) in [4.78, 5) is 2.63. The minimum absolute atomic E-state index is 0.530. The van der Waals surface area contributed by atoms with Gasteiger partial charge < -0.3 is 15.0 Å². The second kappa shape index (κ2) is 5.99. The monoisotopic (exact) mass is 226 g/mol. The maximum Gasteiger partial charge on any atom is 0.0613 e. The number of hydrogen-bond donors (Lipinski definition) is 1. The van der Waals surface area contributed by atoms with E-state index >= 15 is 0 Å². The van der Waals surface area contributed by atoms with E-state index < -0.39 is 0 Å². The van der Waals surface area contributed by atoms with Crippen molar-refractivity contribution in [1.82, 2.24) is 10.2 Å². The zero-order valence-corrected chi connectivity index (χ0v) is 10.7. The van der Waals surface area contributed by atoms with E-state index in [0.29, 0.717) is 6.10 Å². The van der Waals surface area contributed by atoms with Crippen LogP contribution in [0.3, 0.4) is 0 Å². The second-order valence-electron chi connectivity index (χ2n) is 5.23. The average Bonchev–Trinajstić information content (AvgIpc) is 2.77. The number of likely N-dealkylation sites (tertiary alicyclic amines) is 1. The van der Waals surface area contributed by atoms with E-state index in [4.69, 9.17) is 4.74 Å². The summed E-state index contributed by atoms with van der Waals surface area (Å²) in [5, 5.41) is 3.39. The van der Waals surface area contributed by atoms with Crippen molar-refractivity contribution in [2.45, 2.75) is 44.8 Å². The second-order valence-corrected chi connectivity index (χ2v) is 5.23. The van der Waals surface area contributed by atoms with E-state index in [1.807, 2.05) is 0 Å². The minimum atomic E-state index is 0.530. The van der Waals surface area contributed by atoms with E-state index in [9.17, 15) is 0 Å². The molecule has 2 aliphatic rings. The summed E-state index contributed by atoms with van der Waals surface area (Å²) in [5.74, 6) is 0.788. The van der Waals surface area contributed by atoms with Crippen LogP contribution in [0.1, 0.15) is 32.6 Å². The summed E-state index contributed by atoms with van der Waals surface area (Å²) in [7, 11) is 2.08. The molecule has 2 aliphatic heterocycles. The molecule has 2 heterocycles. The predicted octanol–water partition coefficient (Wildman–Crippen LogP) is 1.49. The largest absolute Gasteiger partial charge is 0.378 e. The molecule has 0 radical (unpaired) electrons. The maximum atomic E-state index is 5.76. The molecule has 3 heteroatoms. The molecule has 2 saturated heterocycles. The molecule has 0 aromatic heterocycles. The van der Waals surface area contributed by atoms with Crippen LogP contribution in [-0.2, 0) is 4.74 Å². The van der Waals surface area contributed by atoms with Gasteiger partial charge in [0.25, 0.3) is 0 Å². The maximum absolute atomic E-state index is 5.76. The normalized spacial score (nSPS) is 33.4. The van der Waals surface area contributed by atoms with Crippen molar-refractivity contribution in [3.63, 3.8) is 0 Å². The fourth-order valence-electron chi connectivity index (χ4n) is 3.09. The predicted molar refractivity (Wildman–Crippen MR) is 66.7 cm³/mol. The lowest BCUT2D eigenvalue weighted by molar-refractivity contribution is 0.0708. The van der Waals surface area contributed by atoms with Gasteiger partial charge in [-0.1, -0.05) is 6.92 Å². The van der Waals surface area contributed by atoms with Gasteiger partial charge in [0, 0.05) is 19.2 Å². The third kappa shape index (κ3) is 2.96. The van der Waals surface area contributed by atoms with Crippen molar-refractivity contribution in [2.75, 3.05) is 33.3 Å². The standard InChI is InChI=1S/C13H26N2O/c1-3-13-11(6-9-16-13)10-15-7-4-12(14-2)5-8-15/h11-14H,3-10H2,1-2H3. The van der Waals surface area contributed by atoms with Crippen LogP contribution in [0.5, 0.6) is 0 Å². The van der Waals surface area contributed by atoms with Crippen molar-refractivity contribution in [2.24, 2.45) is 5.92 Å². The molecule has 0 aliphatic carbocycles. The van der Waals surface area contributed by atoms with Crippen LogP contribution in [0.4, 0.5) is 0 Å². The Hall–Kier alpha value is -0.120. The van der Waals surface area contributed by atoms with Crippen LogP contribution in [0.2, 0.25) is 0 Å². The number of piperidine rings is 1. The van der Waals surface area contributed by atoms with E-state index in [-0.39, 0.29) is 0 Å². The van der Waals surface area contributed by atoms with Gasteiger partial charge in [0.2, 0.25) is 0 Å². The zero-order chi connectivity index (χ0) is 11.4. The Morgan fingerprint density at radius 2 is 2.00 bits per heavy atom. The van der Waals surface area contributed by atoms with E-state index in [0.717, 1.165) is 18.6 Å². The number of nitrogens with one attached hydrogen (secondary N) is 1. The Morgan fingerprint density at radius 3 is 2.62 bits per heavy atom. The Kier molecular flexibility index (Phi) is 4.62. The molecule has 0 bridgehead atoms. The van der Waals surface area contributed by atoms with Gasteiger partial charge in [-0.25, -0.2) is 0 Å². The molecule has 0 aromatic rings. The Balaban J connectivity index is 1.73. The quantitative estimate of drug-likeness (QED) is 0.786. The van der Waals surface area contributed by atoms with Gasteiger partial charge in [0.05, 0.1) is 6.10 Å². The van der Waals surface area contributed by atoms with Gasteiger partial charge in [-0.3, -0.25) is 0 Å². The van der Waals surface area contributed by atoms with Gasteiger partial charge in [-0.2, -0.15) is 0 Å². The van der Waals surface area contributed by atoms with Crippen LogP contribution in [0.15, 0.2) is 0 Å². The molecule has 0 aromatic carbocycles. The van der Waals surface area contributed by atoms with Gasteiger partial charge in [-0.05, 0) is 51.7 Å². The summed E-state index contributed by atoms with van der Waals surface area (Å²) in [6, 6.07) is 0.748. The lowest BCUT2D eigenvalue weighted by Gasteiger charge is -2.34. The van der Waals surface area contributed by atoms with E-state index in [1.54, 1.807) is 0 Å². The molecule has 1 N–H and O–H groups in total. The summed E-state index contributed by atoms with van der Waals surface area (Å²) in [6.45, 7) is 7.01. The fourth-order valence-corrected chi connectivity index (χ4v) is 3.09. The first kappa shape index (κ1) is 12.3. The summed E-state index contributed by atoms with van der Waals surface area (Å²) < 4.78 is 5.76. The van der Waals surface area contributed by atoms with E-state index in [1.165, 1.54) is 45.3 Å². The van der Waals surface area contributed by atoms with Crippen molar-refractivity contribution in [1.29, 1.82) is 0 Å². The summed E-state index contributed by atoms with van der Waals surface area (Å²) in [6.07, 6.45) is 5.59. The number of nitrogens with zero attached hydrogens (tertiary/aromatic N) is 1. The smallest absolute Gasteiger partial charge is 0.0613 e. The number of rotatable bonds is 4. The molecular formula is C13H26N2O. The van der Waals surface area contributed by atoms with Gasteiger partial charge in [0.15, 0.2) is 0 Å². The highest BCUT2D eigenvalue weighted by atomic mass is 16.5. The topological polar surface area (TPSA) is 24.5 Å². The molecule has 3 nitrogen and oxygen atoms in total. The summed E-state index contributed by atoms with van der Waals surface area (Å²) >= 11 is 0. The van der Waals surface area contributed by atoms with Crippen molar-refractivity contribution in [3.8, 4) is 0 Å². The molecule has 94 valence electrons. The van der Waals surface area contributed by atoms with Crippen LogP contribution < -0.4 is 5.32 Å². The van der Waals surface area contributed by atoms with Crippen molar-refractivity contribution >= 4 is 0 Å². The molecule has 0 spiro atoms. The number of ether oxygens (including phenoxy) is 1. The molecule has 16 heavy (non-hydrogen) atoms. The Morgan fingerprint density at radius 1 is 1.25 bits per heavy atom. The molecule has 2 unspecified atom stereocenters. The van der Waals surface area contributed by atoms with Crippen LogP contribution in [0.25, 0.3) is 0 Å². The first-order valence-electron chi connectivity index (χ1n) is 6.84. The fraction of sp³-hybridized carbons (Fsp3) is 1.00. The Bertz CT molecular complexity index is 202. The molecule has 2 rings (SSSR count). The Labute approximate surface area is 99.5 Å². The molecular weight excluding hydrogens is 200 g/mol. The minimum Gasteiger partial charge on any atom is -0.378 e. The molecule has 0 saturated carbocycles. The van der Waals surface area contributed by atoms with Crippen LogP contribution >= 0.6 is 0 Å². The molecule has 0 amide bonds. The zero-order valence-electron chi connectivity index (χ0n) is 10.7. The molecule has 2 fully saturated rings. The first-order valence-corrected chi connectivity index (χ1v) is 6.84. The first-order chi connectivity index (χ1) is 7.83. The lowest BCUT2D eigenvalue weighted by Crippen LogP contribution is -2.43. The third-order valence-electron chi connectivity index (χ3n) is 4.24. The third-order valence-corrected chi connectivity index (χ3v) is 4.24. The summed E-state index contributed by atoms with van der Waals surface area (Å²) in [5.41, 5.74) is 0. The van der Waals surface area contributed by atoms with Crippen LogP contribution in [-0.4, -0.2) is 50.3 Å². The lowest BCUT2D eigenvalue weighted by atomic mass is 9.97. The number of hydrogen-bond acceptors (Lipinski definition) is 3. The SMILES string of the molecule is CCC1OCCC1CN1CCC(NC)CC1. The molecule has 2 atom stereocenters. The van der Waals surface area contributed by atoms with Gasteiger partial charge in [-0.15, -0.1) is 0 Å². The highest BCUT2D eigenvalue weighted by molar-refractivity contribution is 4.82. The van der Waals surface area contributed by atoms with Gasteiger partial charge in [0.1, 0.15) is 0 Å².